The monoisotopic (exact) mass is 527 g/mol. The van der Waals surface area contributed by atoms with Gasteiger partial charge in [0.2, 0.25) is 0 Å². The number of nitrogens with zero attached hydrogens (tertiary/aromatic N) is 3. The van der Waals surface area contributed by atoms with Gasteiger partial charge in [0, 0.05) is 18.3 Å². The number of hydrogen-bond donors (Lipinski definition) is 2. The summed E-state index contributed by atoms with van der Waals surface area (Å²) in [6.45, 7) is 1.95. The summed E-state index contributed by atoms with van der Waals surface area (Å²) in [4.78, 5) is 36.5. The number of aromatic nitrogens is 1. The molecule has 3 heterocycles. The number of carbonyl (C=O) groups excluding carboxylic acids is 2. The topological polar surface area (TPSA) is 86.8 Å². The van der Waals surface area contributed by atoms with E-state index < -0.39 is 0 Å². The smallest absolute Gasteiger partial charge is 0.331 e. The van der Waals surface area contributed by atoms with Gasteiger partial charge >= 0.3 is 6.03 Å². The molecule has 0 spiro atoms. The molecule has 2 N–H and O–H groups in total. The summed E-state index contributed by atoms with van der Waals surface area (Å²) in [6.07, 6.45) is 4.77. The zero-order valence-electron chi connectivity index (χ0n) is 21.5. The van der Waals surface area contributed by atoms with Crippen LogP contribution in [0.4, 0.5) is 21.9 Å². The molecular weight excluding hydrogens is 498 g/mol. The molecule has 6 rings (SSSR count). The highest BCUT2D eigenvalue weighted by atomic mass is 32.1. The molecule has 1 fully saturated rings. The molecule has 0 unspecified atom stereocenters. The van der Waals surface area contributed by atoms with E-state index in [-0.39, 0.29) is 18.0 Å². The van der Waals surface area contributed by atoms with Crippen molar-refractivity contribution in [1.82, 2.24) is 15.2 Å². The van der Waals surface area contributed by atoms with Crippen molar-refractivity contribution in [3.63, 3.8) is 0 Å². The van der Waals surface area contributed by atoms with Gasteiger partial charge in [-0.25, -0.2) is 9.78 Å². The number of hydrogen-bond acceptors (Lipinski definition) is 6. The van der Waals surface area contributed by atoms with Gasteiger partial charge in [0.1, 0.15) is 21.2 Å². The number of rotatable bonds is 6. The predicted octanol–water partition coefficient (Wildman–Crippen LogP) is 6.29. The Hall–Kier alpha value is -3.95. The lowest BCUT2D eigenvalue weighted by molar-refractivity contribution is 0.0924. The van der Waals surface area contributed by atoms with E-state index in [9.17, 15) is 9.59 Å². The highest BCUT2D eigenvalue weighted by Gasteiger charge is 2.35. The SMILES string of the molecule is Cc1cc(Oc2ccccc2)ccc1N1C(=O)Nc2c(C(=O)N[C@H]3CCC[C@H]3N(C)C)sc3nccc1c23. The van der Waals surface area contributed by atoms with Crippen LogP contribution in [0.15, 0.2) is 60.8 Å². The van der Waals surface area contributed by atoms with Crippen LogP contribution in [0, 0.1) is 6.92 Å². The maximum atomic E-state index is 13.5. The van der Waals surface area contributed by atoms with E-state index in [1.54, 1.807) is 11.1 Å². The highest BCUT2D eigenvalue weighted by molar-refractivity contribution is 7.21. The van der Waals surface area contributed by atoms with Crippen molar-refractivity contribution in [2.45, 2.75) is 38.3 Å². The number of pyridine rings is 1. The molecule has 0 bridgehead atoms. The second-order valence-electron chi connectivity index (χ2n) is 9.99. The Bertz CT molecular complexity index is 1530. The zero-order chi connectivity index (χ0) is 26.4. The maximum absolute atomic E-state index is 13.5. The Kier molecular flexibility index (Phi) is 6.25. The molecule has 4 aromatic rings. The van der Waals surface area contributed by atoms with Gasteiger partial charge in [0.15, 0.2) is 0 Å². The summed E-state index contributed by atoms with van der Waals surface area (Å²) in [5, 5.41) is 7.00. The van der Waals surface area contributed by atoms with Crippen LogP contribution in [0.5, 0.6) is 11.5 Å². The minimum absolute atomic E-state index is 0.0809. The van der Waals surface area contributed by atoms with Crippen LogP contribution in [-0.4, -0.2) is 48.0 Å². The fourth-order valence-electron chi connectivity index (χ4n) is 5.51. The molecule has 38 heavy (non-hydrogen) atoms. The van der Waals surface area contributed by atoms with Crippen molar-refractivity contribution in [2.75, 3.05) is 24.3 Å². The van der Waals surface area contributed by atoms with Gasteiger partial charge in [-0.1, -0.05) is 18.2 Å². The number of urea groups is 1. The minimum Gasteiger partial charge on any atom is -0.457 e. The molecule has 1 saturated carbocycles. The fourth-order valence-corrected chi connectivity index (χ4v) is 6.53. The number of likely N-dealkylation sites (N-methyl/N-ethyl adjacent to an activating group) is 1. The van der Waals surface area contributed by atoms with Gasteiger partial charge in [0.25, 0.3) is 5.91 Å². The second kappa shape index (κ2) is 9.74. The first-order valence-electron chi connectivity index (χ1n) is 12.7. The quantitative estimate of drug-likeness (QED) is 0.308. The fraction of sp³-hybridized carbons (Fsp3) is 0.276. The summed E-state index contributed by atoms with van der Waals surface area (Å²) in [5.74, 6) is 1.27. The average Bonchev–Trinajstić information content (AvgIpc) is 3.51. The van der Waals surface area contributed by atoms with E-state index in [1.807, 2.05) is 75.6 Å². The van der Waals surface area contributed by atoms with Crippen molar-refractivity contribution in [3.8, 4) is 11.5 Å². The Balaban J connectivity index is 1.33. The molecule has 1 aliphatic carbocycles. The highest BCUT2D eigenvalue weighted by Crippen LogP contribution is 2.46. The number of anilines is 3. The lowest BCUT2D eigenvalue weighted by Gasteiger charge is -2.30. The predicted molar refractivity (Wildman–Crippen MR) is 151 cm³/mol. The number of para-hydroxylation sites is 1. The summed E-state index contributed by atoms with van der Waals surface area (Å²) in [6, 6.07) is 17.1. The number of carbonyl (C=O) groups is 2. The summed E-state index contributed by atoms with van der Waals surface area (Å²) < 4.78 is 5.97. The van der Waals surface area contributed by atoms with Crippen molar-refractivity contribution in [3.05, 3.63) is 71.2 Å². The third kappa shape index (κ3) is 4.27. The molecule has 9 heteroatoms. The van der Waals surface area contributed by atoms with Crippen molar-refractivity contribution in [2.24, 2.45) is 0 Å². The number of ether oxygens (including phenoxy) is 1. The van der Waals surface area contributed by atoms with E-state index in [2.05, 4.69) is 20.5 Å². The van der Waals surface area contributed by atoms with E-state index >= 15 is 0 Å². The van der Waals surface area contributed by atoms with Crippen molar-refractivity contribution in [1.29, 1.82) is 0 Å². The Labute approximate surface area is 225 Å². The van der Waals surface area contributed by atoms with Gasteiger partial charge in [-0.15, -0.1) is 11.3 Å². The molecule has 2 atom stereocenters. The molecule has 194 valence electrons. The Morgan fingerprint density at radius 3 is 2.68 bits per heavy atom. The van der Waals surface area contributed by atoms with Gasteiger partial charge in [0.05, 0.1) is 22.4 Å². The van der Waals surface area contributed by atoms with Crippen LogP contribution in [0.2, 0.25) is 0 Å². The minimum atomic E-state index is -0.315. The largest absolute Gasteiger partial charge is 0.457 e. The summed E-state index contributed by atoms with van der Waals surface area (Å²) in [5.41, 5.74) is 2.85. The first kappa shape index (κ1) is 24.4. The molecule has 2 aromatic carbocycles. The molecule has 1 aliphatic heterocycles. The Morgan fingerprint density at radius 2 is 1.92 bits per heavy atom. The molecule has 2 aromatic heterocycles. The van der Waals surface area contributed by atoms with Crippen molar-refractivity contribution >= 4 is 50.6 Å². The van der Waals surface area contributed by atoms with E-state index in [0.29, 0.717) is 32.9 Å². The first-order valence-corrected chi connectivity index (χ1v) is 13.6. The van der Waals surface area contributed by atoms with Crippen LogP contribution in [-0.2, 0) is 0 Å². The molecule has 0 saturated heterocycles. The van der Waals surface area contributed by atoms with Crippen LogP contribution < -0.4 is 20.3 Å². The normalized spacial score (nSPS) is 18.6. The van der Waals surface area contributed by atoms with Crippen LogP contribution in [0.1, 0.15) is 34.5 Å². The lowest BCUT2D eigenvalue weighted by atomic mass is 10.1. The molecule has 8 nitrogen and oxygen atoms in total. The van der Waals surface area contributed by atoms with Gasteiger partial charge in [-0.3, -0.25) is 9.69 Å². The van der Waals surface area contributed by atoms with Gasteiger partial charge < -0.3 is 20.3 Å². The zero-order valence-corrected chi connectivity index (χ0v) is 22.3. The number of benzene rings is 2. The number of amides is 3. The number of thiophene rings is 1. The maximum Gasteiger partial charge on any atom is 0.331 e. The van der Waals surface area contributed by atoms with Crippen LogP contribution in [0.3, 0.4) is 0 Å². The van der Waals surface area contributed by atoms with E-state index in [1.165, 1.54) is 11.3 Å². The van der Waals surface area contributed by atoms with Crippen molar-refractivity contribution < 1.29 is 14.3 Å². The number of aryl methyl sites for hydroxylation is 1. The van der Waals surface area contributed by atoms with E-state index in [0.717, 1.165) is 41.6 Å². The molecular formula is C29H29N5O3S. The second-order valence-corrected chi connectivity index (χ2v) is 11.0. The molecule has 0 radical (unpaired) electrons. The van der Waals surface area contributed by atoms with Gasteiger partial charge in [-0.2, -0.15) is 0 Å². The van der Waals surface area contributed by atoms with Crippen LogP contribution >= 0.6 is 11.3 Å². The molecule has 2 aliphatic rings. The van der Waals surface area contributed by atoms with E-state index in [4.69, 9.17) is 4.74 Å². The van der Waals surface area contributed by atoms with Crippen LogP contribution in [0.25, 0.3) is 10.2 Å². The third-order valence-corrected chi connectivity index (χ3v) is 8.40. The average molecular weight is 528 g/mol. The standard InChI is InChI=1S/C29H29N5O3S/c1-17-16-19(37-18-8-5-4-6-9-18)12-13-21(17)34-23-14-15-30-28-24(23)25(32-29(34)36)26(38-28)27(35)31-20-10-7-11-22(20)33(2)3/h4-6,8-9,12-16,20,22H,7,10-11H2,1-3H3,(H,31,35)(H,32,36)/t20-,22+/m0/s1. The third-order valence-electron chi connectivity index (χ3n) is 7.30. The van der Waals surface area contributed by atoms with Gasteiger partial charge in [-0.05, 0) is 82.2 Å². The number of nitrogens with one attached hydrogen (secondary N) is 2. The molecule has 3 amide bonds. The summed E-state index contributed by atoms with van der Waals surface area (Å²) in [7, 11) is 4.09. The Morgan fingerprint density at radius 1 is 1.11 bits per heavy atom. The summed E-state index contributed by atoms with van der Waals surface area (Å²) >= 11 is 1.31. The first-order chi connectivity index (χ1) is 18.4. The lowest BCUT2D eigenvalue weighted by Crippen LogP contribution is -2.46.